The predicted molar refractivity (Wildman–Crippen MR) is 207 cm³/mol. The second kappa shape index (κ2) is 9.19. The van der Waals surface area contributed by atoms with Crippen molar-refractivity contribution in [3.63, 3.8) is 0 Å². The molecule has 0 radical (unpaired) electrons. The second-order valence-corrected chi connectivity index (χ2v) is 14.1. The average Bonchev–Trinajstić information content (AvgIpc) is 3.89. The lowest BCUT2D eigenvalue weighted by atomic mass is 9.98. The summed E-state index contributed by atoms with van der Waals surface area (Å²) in [5.41, 5.74) is 11.9. The first-order chi connectivity index (χ1) is 24.3. The van der Waals surface area contributed by atoms with Gasteiger partial charge < -0.3 is 4.57 Å². The van der Waals surface area contributed by atoms with Crippen molar-refractivity contribution in [2.24, 2.45) is 0 Å². The van der Waals surface area contributed by atoms with Gasteiger partial charge in [-0.05, 0) is 77.9 Å². The van der Waals surface area contributed by atoms with Crippen LogP contribution in [0.1, 0.15) is 0 Å². The molecule has 4 nitrogen and oxygen atoms in total. The molecule has 0 aliphatic rings. The second-order valence-electron chi connectivity index (χ2n) is 13.0. The van der Waals surface area contributed by atoms with Crippen LogP contribution >= 0.6 is 11.3 Å². The van der Waals surface area contributed by atoms with E-state index in [0.717, 1.165) is 38.8 Å². The third kappa shape index (κ3) is 3.32. The van der Waals surface area contributed by atoms with Crippen LogP contribution in [0.25, 0.3) is 108 Å². The molecule has 0 fully saturated rings. The highest BCUT2D eigenvalue weighted by molar-refractivity contribution is 7.25. The summed E-state index contributed by atoms with van der Waals surface area (Å²) in [5, 5.41) is 8.68. The fraction of sp³-hybridized carbons (Fsp3) is 0. The summed E-state index contributed by atoms with van der Waals surface area (Å²) in [5.74, 6) is 0. The largest absolute Gasteiger partial charge is 0.309 e. The maximum atomic E-state index is 5.29. The van der Waals surface area contributed by atoms with E-state index in [2.05, 4.69) is 142 Å². The molecule has 0 spiro atoms. The standard InChI is InChI=1S/C44H24N4S/c1-2-10-27(11-3-1)47-36-16-8-4-12-28(36)30-19-20-37-40(43(30)47)32-23-26(25-18-21-39-31(22-25)29-13-5-9-17-38(29)49-39)24-33-41-44(48(37)42(32)33)46-35-15-7-6-14-34(35)45-41/h1-24H. The van der Waals surface area contributed by atoms with Crippen molar-refractivity contribution in [2.45, 2.75) is 0 Å². The number of nitrogens with zero attached hydrogens (tertiary/aromatic N) is 4. The van der Waals surface area contributed by atoms with Gasteiger partial charge >= 0.3 is 0 Å². The molecule has 0 atom stereocenters. The van der Waals surface area contributed by atoms with E-state index < -0.39 is 0 Å². The lowest BCUT2D eigenvalue weighted by Gasteiger charge is -2.10. The number of rotatable bonds is 2. The van der Waals surface area contributed by atoms with Crippen molar-refractivity contribution >= 4 is 103 Å². The van der Waals surface area contributed by atoms with Gasteiger partial charge in [-0.2, -0.15) is 0 Å². The third-order valence-corrected chi connectivity index (χ3v) is 11.6. The Morgan fingerprint density at radius 3 is 2.06 bits per heavy atom. The fourth-order valence-corrected chi connectivity index (χ4v) is 9.42. The van der Waals surface area contributed by atoms with Gasteiger partial charge in [-0.15, -0.1) is 11.3 Å². The van der Waals surface area contributed by atoms with Crippen LogP contribution in [0.3, 0.4) is 0 Å². The third-order valence-electron chi connectivity index (χ3n) is 10.4. The lowest BCUT2D eigenvalue weighted by Crippen LogP contribution is -1.94. The number of para-hydroxylation sites is 4. The molecule has 0 unspecified atom stereocenters. The Kier molecular flexibility index (Phi) is 4.83. The number of fused-ring (bicyclic) bond motifs is 14. The molecule has 0 aliphatic carbocycles. The van der Waals surface area contributed by atoms with Gasteiger partial charge in [0.2, 0.25) is 0 Å². The molecule has 12 rings (SSSR count). The Hall–Kier alpha value is -6.30. The molecule has 5 heterocycles. The number of hydrogen-bond acceptors (Lipinski definition) is 3. The molecule has 7 aromatic carbocycles. The summed E-state index contributed by atoms with van der Waals surface area (Å²) in [7, 11) is 0. The first-order valence-electron chi connectivity index (χ1n) is 16.6. The van der Waals surface area contributed by atoms with Gasteiger partial charge in [0, 0.05) is 52.8 Å². The van der Waals surface area contributed by atoms with E-state index in [-0.39, 0.29) is 0 Å². The molecule has 0 N–H and O–H groups in total. The Balaban J connectivity index is 1.30. The van der Waals surface area contributed by atoms with Gasteiger partial charge in [-0.1, -0.05) is 78.9 Å². The monoisotopic (exact) mass is 640 g/mol. The Morgan fingerprint density at radius 2 is 1.16 bits per heavy atom. The van der Waals surface area contributed by atoms with E-state index >= 15 is 0 Å². The number of benzene rings is 7. The van der Waals surface area contributed by atoms with Crippen LogP contribution in [0.2, 0.25) is 0 Å². The van der Waals surface area contributed by atoms with Gasteiger partial charge in [0.15, 0.2) is 5.65 Å². The molecule has 49 heavy (non-hydrogen) atoms. The zero-order valence-electron chi connectivity index (χ0n) is 26.1. The van der Waals surface area contributed by atoms with E-state index in [1.54, 1.807) is 0 Å². The predicted octanol–water partition coefficient (Wildman–Crippen LogP) is 11.9. The molecule has 5 heteroatoms. The molecule has 0 saturated heterocycles. The van der Waals surface area contributed by atoms with Crippen molar-refractivity contribution in [3.05, 3.63) is 146 Å². The topological polar surface area (TPSA) is 35.1 Å². The highest BCUT2D eigenvalue weighted by Crippen LogP contribution is 2.46. The van der Waals surface area contributed by atoms with Gasteiger partial charge in [-0.3, -0.25) is 4.40 Å². The van der Waals surface area contributed by atoms with E-state index in [1.165, 1.54) is 69.4 Å². The number of thiophene rings is 1. The molecule has 226 valence electrons. The fourth-order valence-electron chi connectivity index (χ4n) is 8.33. The van der Waals surface area contributed by atoms with Crippen LogP contribution in [0.4, 0.5) is 0 Å². The zero-order valence-corrected chi connectivity index (χ0v) is 26.9. The first kappa shape index (κ1) is 25.7. The minimum atomic E-state index is 0.895. The normalized spacial score (nSPS) is 12.5. The average molecular weight is 641 g/mol. The van der Waals surface area contributed by atoms with Crippen molar-refractivity contribution in [2.75, 3.05) is 0 Å². The van der Waals surface area contributed by atoms with Gasteiger partial charge in [0.1, 0.15) is 5.52 Å². The highest BCUT2D eigenvalue weighted by Gasteiger charge is 2.25. The van der Waals surface area contributed by atoms with Crippen LogP contribution in [0.15, 0.2) is 146 Å². The van der Waals surface area contributed by atoms with Gasteiger partial charge in [-0.25, -0.2) is 9.97 Å². The summed E-state index contributed by atoms with van der Waals surface area (Å²) in [6, 6.07) is 52.7. The molecule has 0 amide bonds. The molecular formula is C44H24N4S. The minimum absolute atomic E-state index is 0.895. The maximum Gasteiger partial charge on any atom is 0.165 e. The van der Waals surface area contributed by atoms with Crippen molar-refractivity contribution in [1.82, 2.24) is 18.9 Å². The van der Waals surface area contributed by atoms with Crippen LogP contribution in [-0.4, -0.2) is 18.9 Å². The number of hydrogen-bond donors (Lipinski definition) is 0. The molecule has 12 aromatic rings. The Bertz CT molecular complexity index is 3330. The van der Waals surface area contributed by atoms with Crippen molar-refractivity contribution in [1.29, 1.82) is 0 Å². The first-order valence-corrected chi connectivity index (χ1v) is 17.4. The molecule has 0 bridgehead atoms. The van der Waals surface area contributed by atoms with Gasteiger partial charge in [0.05, 0.1) is 33.1 Å². The lowest BCUT2D eigenvalue weighted by molar-refractivity contribution is 1.19. The van der Waals surface area contributed by atoms with Crippen molar-refractivity contribution in [3.8, 4) is 16.8 Å². The van der Waals surface area contributed by atoms with Crippen molar-refractivity contribution < 1.29 is 0 Å². The molecule has 5 aromatic heterocycles. The highest BCUT2D eigenvalue weighted by atomic mass is 32.1. The van der Waals surface area contributed by atoms with E-state index in [4.69, 9.17) is 9.97 Å². The molecule has 0 aliphatic heterocycles. The number of aromatic nitrogens is 4. The van der Waals surface area contributed by atoms with E-state index in [1.807, 2.05) is 23.5 Å². The quantitative estimate of drug-likeness (QED) is 0.188. The van der Waals surface area contributed by atoms with Gasteiger partial charge in [0.25, 0.3) is 0 Å². The molecular weight excluding hydrogens is 617 g/mol. The van der Waals surface area contributed by atoms with E-state index in [9.17, 15) is 0 Å². The summed E-state index contributed by atoms with van der Waals surface area (Å²) < 4.78 is 7.44. The van der Waals surface area contributed by atoms with Crippen LogP contribution in [0.5, 0.6) is 0 Å². The SMILES string of the molecule is c1ccc(-n2c3ccccc3c3ccc4c(c5cc(-c6ccc7sc8ccccc8c7c6)cc6c7nc8ccccc8nc7n4c65)c32)cc1. The smallest absolute Gasteiger partial charge is 0.165 e. The minimum Gasteiger partial charge on any atom is -0.309 e. The zero-order chi connectivity index (χ0) is 31.8. The maximum absolute atomic E-state index is 5.29. The summed E-state index contributed by atoms with van der Waals surface area (Å²) in [6.07, 6.45) is 0. The Morgan fingerprint density at radius 1 is 0.449 bits per heavy atom. The van der Waals surface area contributed by atoms with E-state index in [0.29, 0.717) is 0 Å². The summed E-state index contributed by atoms with van der Waals surface area (Å²) >= 11 is 1.86. The van der Waals surface area contributed by atoms with Crippen LogP contribution in [0, 0.1) is 0 Å². The summed E-state index contributed by atoms with van der Waals surface area (Å²) in [4.78, 5) is 10.6. The Labute approximate surface area is 283 Å². The summed E-state index contributed by atoms with van der Waals surface area (Å²) in [6.45, 7) is 0. The van der Waals surface area contributed by atoms with Crippen LogP contribution in [-0.2, 0) is 0 Å². The van der Waals surface area contributed by atoms with Crippen LogP contribution < -0.4 is 0 Å². The molecule has 0 saturated carbocycles.